The van der Waals surface area contributed by atoms with Crippen LogP contribution in [0, 0.1) is 26.1 Å². The number of nitro groups is 2. The first-order valence-corrected chi connectivity index (χ1v) is 10.9. The lowest BCUT2D eigenvalue weighted by Gasteiger charge is -2.26. The van der Waals surface area contributed by atoms with Gasteiger partial charge >= 0.3 is 0 Å². The molecule has 3 aromatic rings. The summed E-state index contributed by atoms with van der Waals surface area (Å²) in [5.41, 5.74) is 0.863. The quantitative estimate of drug-likeness (QED) is 0.291. The Kier molecular flexibility index (Phi) is 5.74. The van der Waals surface area contributed by atoms with Crippen molar-refractivity contribution >= 4 is 40.6 Å². The Morgan fingerprint density at radius 3 is 2.11 bits per heavy atom. The molecule has 3 aromatic carbocycles. The Bertz CT molecular complexity index is 1390. The number of carbonyl (C=O) groups excluding carboxylic acids is 2. The second-order valence-electron chi connectivity index (χ2n) is 8.16. The number of fused-ring (bicyclic) bond motifs is 1. The monoisotopic (exact) mass is 486 g/mol. The molecule has 0 bridgehead atoms. The second-order valence-corrected chi connectivity index (χ2v) is 8.16. The van der Waals surface area contributed by atoms with Gasteiger partial charge in [-0.1, -0.05) is 36.4 Å². The number of hydrogen-bond donors (Lipinski definition) is 0. The lowest BCUT2D eigenvalue weighted by atomic mass is 9.95. The van der Waals surface area contributed by atoms with Gasteiger partial charge in [0.1, 0.15) is 5.92 Å². The zero-order chi connectivity index (χ0) is 25.4. The van der Waals surface area contributed by atoms with E-state index in [4.69, 9.17) is 4.84 Å². The molecule has 0 unspecified atom stereocenters. The molecule has 3 atom stereocenters. The average molecular weight is 486 g/mol. The van der Waals surface area contributed by atoms with Gasteiger partial charge in [0.05, 0.1) is 32.8 Å². The van der Waals surface area contributed by atoms with E-state index in [0.717, 1.165) is 4.90 Å². The van der Waals surface area contributed by atoms with Gasteiger partial charge in [0.15, 0.2) is 6.10 Å². The number of non-ortho nitro benzene ring substituents is 1. The predicted octanol–water partition coefficient (Wildman–Crippen LogP) is 3.89. The predicted molar refractivity (Wildman–Crippen MR) is 129 cm³/mol. The molecule has 5 rings (SSSR count). The molecule has 0 spiro atoms. The van der Waals surface area contributed by atoms with E-state index in [-0.39, 0.29) is 17.1 Å². The Morgan fingerprint density at radius 1 is 0.778 bits per heavy atom. The number of anilines is 2. The number of benzene rings is 3. The van der Waals surface area contributed by atoms with Gasteiger partial charge < -0.3 is 0 Å². The molecule has 0 aliphatic carbocycles. The summed E-state index contributed by atoms with van der Waals surface area (Å²) in [4.78, 5) is 55.1. The molecule has 2 amide bonds. The van der Waals surface area contributed by atoms with E-state index in [2.05, 4.69) is 0 Å². The second kappa shape index (κ2) is 9.04. The first-order valence-electron chi connectivity index (χ1n) is 10.9. The van der Waals surface area contributed by atoms with Crippen LogP contribution in [0.25, 0.3) is 6.08 Å². The van der Waals surface area contributed by atoms with Crippen LogP contribution in [0.3, 0.4) is 0 Å². The fourth-order valence-corrected chi connectivity index (χ4v) is 4.42. The summed E-state index contributed by atoms with van der Waals surface area (Å²) in [6.45, 7) is 0. The highest BCUT2D eigenvalue weighted by Crippen LogP contribution is 2.41. The molecule has 0 saturated carbocycles. The summed E-state index contributed by atoms with van der Waals surface area (Å²) in [5, 5.41) is 23.9. The SMILES string of the molecule is O=C1[C@@H]2[C@@H](ON(c3ccccc3)[C@H]2/C=C/c2ccccc2[N+](=O)[O-])C(=O)N1c1ccc([N+](=O)[O-])cc1. The molecule has 2 heterocycles. The van der Waals surface area contributed by atoms with Crippen LogP contribution in [-0.2, 0) is 14.4 Å². The van der Waals surface area contributed by atoms with Crippen LogP contribution in [0.1, 0.15) is 5.56 Å². The Labute approximate surface area is 204 Å². The van der Waals surface area contributed by atoms with Crippen molar-refractivity contribution in [1.82, 2.24) is 0 Å². The smallest absolute Gasteiger partial charge is 0.273 e. The van der Waals surface area contributed by atoms with Crippen molar-refractivity contribution in [3.05, 3.63) is 111 Å². The van der Waals surface area contributed by atoms with Crippen molar-refractivity contribution in [3.63, 3.8) is 0 Å². The largest absolute Gasteiger partial charge is 0.276 e. The van der Waals surface area contributed by atoms with Gasteiger partial charge in [0.2, 0.25) is 5.91 Å². The fourth-order valence-electron chi connectivity index (χ4n) is 4.42. The molecule has 0 aromatic heterocycles. The van der Waals surface area contributed by atoms with Crippen LogP contribution in [-0.4, -0.2) is 33.8 Å². The number of imide groups is 1. The number of nitro benzene ring substituents is 2. The number of hydroxylamine groups is 1. The highest BCUT2D eigenvalue weighted by atomic mass is 16.7. The number of amides is 2. The zero-order valence-corrected chi connectivity index (χ0v) is 18.5. The molecule has 36 heavy (non-hydrogen) atoms. The molecule has 0 N–H and O–H groups in total. The Morgan fingerprint density at radius 2 is 1.44 bits per heavy atom. The number of hydrogen-bond acceptors (Lipinski definition) is 8. The summed E-state index contributed by atoms with van der Waals surface area (Å²) in [7, 11) is 0. The molecule has 180 valence electrons. The van der Waals surface area contributed by atoms with E-state index in [1.165, 1.54) is 41.5 Å². The van der Waals surface area contributed by atoms with Crippen molar-refractivity contribution in [2.24, 2.45) is 5.92 Å². The normalized spacial score (nSPS) is 21.3. The van der Waals surface area contributed by atoms with E-state index >= 15 is 0 Å². The first-order chi connectivity index (χ1) is 17.4. The van der Waals surface area contributed by atoms with Crippen LogP contribution >= 0.6 is 0 Å². The molecular weight excluding hydrogens is 468 g/mol. The van der Waals surface area contributed by atoms with Crippen molar-refractivity contribution in [2.75, 3.05) is 9.96 Å². The van der Waals surface area contributed by atoms with Crippen LogP contribution in [0.2, 0.25) is 0 Å². The molecule has 2 aliphatic rings. The number of nitrogens with zero attached hydrogens (tertiary/aromatic N) is 4. The minimum Gasteiger partial charge on any atom is -0.273 e. The van der Waals surface area contributed by atoms with Crippen LogP contribution in [0.5, 0.6) is 0 Å². The summed E-state index contributed by atoms with van der Waals surface area (Å²) in [6, 6.07) is 19.4. The number of carbonyl (C=O) groups is 2. The third kappa shape index (κ3) is 3.87. The van der Waals surface area contributed by atoms with E-state index in [1.54, 1.807) is 48.5 Å². The molecule has 2 saturated heterocycles. The van der Waals surface area contributed by atoms with Crippen LogP contribution in [0.15, 0.2) is 84.9 Å². The van der Waals surface area contributed by atoms with E-state index in [9.17, 15) is 29.8 Å². The van der Waals surface area contributed by atoms with Crippen molar-refractivity contribution in [2.45, 2.75) is 12.1 Å². The molecule has 11 nitrogen and oxygen atoms in total. The fraction of sp³-hybridized carbons (Fsp3) is 0.120. The summed E-state index contributed by atoms with van der Waals surface area (Å²) in [6.07, 6.45) is 2.02. The van der Waals surface area contributed by atoms with Gasteiger partial charge in [0, 0.05) is 18.2 Å². The van der Waals surface area contributed by atoms with Crippen molar-refractivity contribution in [1.29, 1.82) is 0 Å². The number of para-hydroxylation sites is 2. The maximum absolute atomic E-state index is 13.5. The molecule has 0 radical (unpaired) electrons. The molecular formula is C25H18N4O7. The lowest BCUT2D eigenvalue weighted by molar-refractivity contribution is -0.385. The Balaban J connectivity index is 1.52. The molecule has 11 heteroatoms. The maximum atomic E-state index is 13.5. The van der Waals surface area contributed by atoms with Gasteiger partial charge in [-0.15, -0.1) is 0 Å². The third-order valence-corrected chi connectivity index (χ3v) is 6.10. The van der Waals surface area contributed by atoms with Gasteiger partial charge in [-0.2, -0.15) is 0 Å². The average Bonchev–Trinajstić information content (AvgIpc) is 3.38. The standard InChI is InChI=1S/C25H18N4O7/c30-24-22-21(15-10-16-6-4-5-9-20(16)29(34)35)27(18-7-2-1-3-8-18)36-23(22)25(31)26(24)17-11-13-19(14-12-17)28(32)33/h1-15,21-23H/b15-10+/t21-,22-,23+/m0/s1. The van der Waals surface area contributed by atoms with Crippen LogP contribution in [0.4, 0.5) is 22.7 Å². The molecule has 2 fully saturated rings. The third-order valence-electron chi connectivity index (χ3n) is 6.10. The van der Waals surface area contributed by atoms with E-state index < -0.39 is 39.7 Å². The zero-order valence-electron chi connectivity index (χ0n) is 18.5. The first kappa shape index (κ1) is 22.9. The van der Waals surface area contributed by atoms with Gasteiger partial charge in [-0.05, 0) is 36.4 Å². The summed E-state index contributed by atoms with van der Waals surface area (Å²) >= 11 is 0. The minimum atomic E-state index is -1.13. The summed E-state index contributed by atoms with van der Waals surface area (Å²) in [5.74, 6) is -2.07. The van der Waals surface area contributed by atoms with Gasteiger partial charge in [-0.3, -0.25) is 34.7 Å². The molecule has 2 aliphatic heterocycles. The maximum Gasteiger partial charge on any atom is 0.276 e. The number of rotatable bonds is 6. The van der Waals surface area contributed by atoms with Gasteiger partial charge in [0.25, 0.3) is 17.3 Å². The van der Waals surface area contributed by atoms with E-state index in [0.29, 0.717) is 11.3 Å². The van der Waals surface area contributed by atoms with Crippen molar-refractivity contribution in [3.8, 4) is 0 Å². The van der Waals surface area contributed by atoms with Gasteiger partial charge in [-0.25, -0.2) is 9.96 Å². The van der Waals surface area contributed by atoms with Crippen LogP contribution < -0.4 is 9.96 Å². The van der Waals surface area contributed by atoms with E-state index in [1.807, 2.05) is 6.07 Å². The minimum absolute atomic E-state index is 0.100. The topological polar surface area (TPSA) is 136 Å². The van der Waals surface area contributed by atoms with Crippen molar-refractivity contribution < 1.29 is 24.3 Å². The summed E-state index contributed by atoms with van der Waals surface area (Å²) < 4.78 is 0. The Hall–Kier alpha value is -4.90. The lowest BCUT2D eigenvalue weighted by Crippen LogP contribution is -2.39. The highest BCUT2D eigenvalue weighted by Gasteiger charge is 2.59. The highest BCUT2D eigenvalue weighted by molar-refractivity contribution is 6.24.